The van der Waals surface area contributed by atoms with Gasteiger partial charge in [0.25, 0.3) is 0 Å². The van der Waals surface area contributed by atoms with E-state index in [4.69, 9.17) is 5.73 Å². The van der Waals surface area contributed by atoms with Crippen molar-refractivity contribution in [1.29, 1.82) is 0 Å². The summed E-state index contributed by atoms with van der Waals surface area (Å²) < 4.78 is 51.5. The highest BCUT2D eigenvalue weighted by atomic mass is 79.9. The summed E-state index contributed by atoms with van der Waals surface area (Å²) in [4.78, 5) is 3.82. The normalized spacial score (nSPS) is 11.6. The third kappa shape index (κ3) is 2.70. The van der Waals surface area contributed by atoms with Gasteiger partial charge >= 0.3 is 6.18 Å². The van der Waals surface area contributed by atoms with E-state index in [1.807, 2.05) is 0 Å². The van der Waals surface area contributed by atoms with Gasteiger partial charge in [0, 0.05) is 23.5 Å². The van der Waals surface area contributed by atoms with Crippen LogP contribution in [0.2, 0.25) is 0 Å². The second-order valence-corrected chi connectivity index (χ2v) is 4.63. The number of nitrogen functional groups attached to an aromatic ring is 1. The van der Waals surface area contributed by atoms with Gasteiger partial charge < -0.3 is 5.73 Å². The summed E-state index contributed by atoms with van der Waals surface area (Å²) in [5.41, 5.74) is 5.11. The molecule has 0 atom stereocenters. The molecule has 0 amide bonds. The topological polar surface area (TPSA) is 38.9 Å². The second-order valence-electron chi connectivity index (χ2n) is 3.77. The molecular formula is C12H7BrF4N2. The average molecular weight is 335 g/mol. The Labute approximate surface area is 114 Å². The molecule has 1 aromatic heterocycles. The molecule has 2 nitrogen and oxygen atoms in total. The summed E-state index contributed by atoms with van der Waals surface area (Å²) in [5, 5.41) is 0. The summed E-state index contributed by atoms with van der Waals surface area (Å²) in [6.07, 6.45) is -1.87. The molecule has 0 aliphatic rings. The predicted molar refractivity (Wildman–Crippen MR) is 66.7 cm³/mol. The zero-order valence-electron chi connectivity index (χ0n) is 9.30. The molecule has 1 heterocycles. The van der Waals surface area contributed by atoms with Crippen LogP contribution in [0.4, 0.5) is 23.2 Å². The fourth-order valence-corrected chi connectivity index (χ4v) is 1.90. The maximum absolute atomic E-state index is 13.8. The summed E-state index contributed by atoms with van der Waals surface area (Å²) in [5.74, 6) is -0.999. The van der Waals surface area contributed by atoms with Gasteiger partial charge in [-0.15, -0.1) is 0 Å². The van der Waals surface area contributed by atoms with Crippen molar-refractivity contribution in [2.45, 2.75) is 6.18 Å². The van der Waals surface area contributed by atoms with Crippen LogP contribution in [0.3, 0.4) is 0 Å². The Bertz CT molecular complexity index is 626. The molecule has 0 aliphatic heterocycles. The van der Waals surface area contributed by atoms with Crippen LogP contribution in [0.1, 0.15) is 5.56 Å². The highest BCUT2D eigenvalue weighted by Gasteiger charge is 2.31. The van der Waals surface area contributed by atoms with Gasteiger partial charge in [-0.25, -0.2) is 4.39 Å². The lowest BCUT2D eigenvalue weighted by Crippen LogP contribution is -2.05. The number of rotatable bonds is 1. The molecule has 1 aromatic carbocycles. The quantitative estimate of drug-likeness (QED) is 0.792. The summed E-state index contributed by atoms with van der Waals surface area (Å²) in [6.45, 7) is 0. The van der Waals surface area contributed by atoms with E-state index in [-0.39, 0.29) is 16.8 Å². The van der Waals surface area contributed by atoms with Crippen molar-refractivity contribution in [2.75, 3.05) is 5.73 Å². The van der Waals surface area contributed by atoms with Gasteiger partial charge in [-0.2, -0.15) is 13.2 Å². The number of pyridine rings is 1. The van der Waals surface area contributed by atoms with Gasteiger partial charge in [0.1, 0.15) is 5.82 Å². The molecule has 2 aromatic rings. The van der Waals surface area contributed by atoms with Crippen LogP contribution in [0.15, 0.2) is 35.1 Å². The van der Waals surface area contributed by atoms with E-state index in [0.717, 1.165) is 12.1 Å². The molecule has 0 spiro atoms. The van der Waals surface area contributed by atoms with Crippen molar-refractivity contribution < 1.29 is 17.6 Å². The Morgan fingerprint density at radius 1 is 1.11 bits per heavy atom. The van der Waals surface area contributed by atoms with E-state index in [0.29, 0.717) is 10.5 Å². The van der Waals surface area contributed by atoms with Gasteiger partial charge in [-0.1, -0.05) is 6.07 Å². The number of alkyl halides is 3. The Morgan fingerprint density at radius 2 is 1.79 bits per heavy atom. The lowest BCUT2D eigenvalue weighted by Gasteiger charge is -2.11. The minimum absolute atomic E-state index is 0.0284. The first-order chi connectivity index (χ1) is 8.80. The molecular weight excluding hydrogens is 328 g/mol. The van der Waals surface area contributed by atoms with Crippen molar-refractivity contribution in [1.82, 2.24) is 4.98 Å². The molecule has 7 heteroatoms. The molecule has 19 heavy (non-hydrogen) atoms. The zero-order chi connectivity index (χ0) is 14.2. The van der Waals surface area contributed by atoms with Crippen LogP contribution in [0.25, 0.3) is 11.1 Å². The number of anilines is 1. The first kappa shape index (κ1) is 13.8. The fourth-order valence-electron chi connectivity index (χ4n) is 1.57. The second kappa shape index (κ2) is 4.80. The molecule has 0 saturated carbocycles. The minimum Gasteiger partial charge on any atom is -0.397 e. The number of benzene rings is 1. The summed E-state index contributed by atoms with van der Waals surface area (Å²) >= 11 is 3.12. The van der Waals surface area contributed by atoms with Crippen LogP contribution in [0.5, 0.6) is 0 Å². The number of aromatic nitrogens is 1. The van der Waals surface area contributed by atoms with E-state index in [1.54, 1.807) is 0 Å². The first-order valence-electron chi connectivity index (χ1n) is 5.07. The number of halogens is 5. The van der Waals surface area contributed by atoms with Gasteiger partial charge in [0.05, 0.1) is 15.7 Å². The first-order valence-corrected chi connectivity index (χ1v) is 5.86. The largest absolute Gasteiger partial charge is 0.416 e. The van der Waals surface area contributed by atoms with Crippen molar-refractivity contribution in [3.05, 3.63) is 46.4 Å². The Balaban J connectivity index is 2.56. The Morgan fingerprint density at radius 3 is 2.37 bits per heavy atom. The van der Waals surface area contributed by atoms with Crippen LogP contribution < -0.4 is 5.73 Å². The fraction of sp³-hybridized carbons (Fsp3) is 0.0833. The Kier molecular flexibility index (Phi) is 3.49. The molecule has 0 bridgehead atoms. The maximum Gasteiger partial charge on any atom is 0.416 e. The molecule has 0 unspecified atom stereocenters. The van der Waals surface area contributed by atoms with Crippen LogP contribution in [-0.4, -0.2) is 4.98 Å². The van der Waals surface area contributed by atoms with E-state index >= 15 is 0 Å². The monoisotopic (exact) mass is 334 g/mol. The SMILES string of the molecule is Nc1c(Br)cncc1-c1ccc(C(F)(F)F)cc1F. The van der Waals surface area contributed by atoms with Crippen LogP contribution in [0, 0.1) is 5.82 Å². The third-order valence-corrected chi connectivity index (χ3v) is 3.16. The molecule has 2 N–H and O–H groups in total. The number of nitrogens with zero attached hydrogens (tertiary/aromatic N) is 1. The van der Waals surface area contributed by atoms with Gasteiger partial charge in [0.2, 0.25) is 0 Å². The molecule has 0 fully saturated rings. The summed E-state index contributed by atoms with van der Waals surface area (Å²) in [7, 11) is 0. The van der Waals surface area contributed by atoms with Gasteiger partial charge in [-0.05, 0) is 28.1 Å². The minimum atomic E-state index is -4.58. The lowest BCUT2D eigenvalue weighted by atomic mass is 10.0. The molecule has 0 radical (unpaired) electrons. The number of hydrogen-bond donors (Lipinski definition) is 1. The Hall–Kier alpha value is -1.63. The highest BCUT2D eigenvalue weighted by Crippen LogP contribution is 2.35. The average Bonchev–Trinajstić information content (AvgIpc) is 2.32. The van der Waals surface area contributed by atoms with E-state index in [2.05, 4.69) is 20.9 Å². The van der Waals surface area contributed by atoms with E-state index < -0.39 is 17.6 Å². The highest BCUT2D eigenvalue weighted by molar-refractivity contribution is 9.10. The maximum atomic E-state index is 13.8. The van der Waals surface area contributed by atoms with Crippen molar-refractivity contribution in [3.63, 3.8) is 0 Å². The van der Waals surface area contributed by atoms with Crippen LogP contribution in [-0.2, 0) is 6.18 Å². The molecule has 100 valence electrons. The number of hydrogen-bond acceptors (Lipinski definition) is 2. The van der Waals surface area contributed by atoms with Crippen molar-refractivity contribution >= 4 is 21.6 Å². The third-order valence-electron chi connectivity index (χ3n) is 2.53. The summed E-state index contributed by atoms with van der Waals surface area (Å²) in [6, 6.07) is 2.28. The van der Waals surface area contributed by atoms with E-state index in [9.17, 15) is 17.6 Å². The lowest BCUT2D eigenvalue weighted by molar-refractivity contribution is -0.137. The standard InChI is InChI=1S/C12H7BrF4N2/c13-9-5-19-4-8(11(9)18)7-2-1-6(3-10(7)14)12(15,16)17/h1-5H,(H2,18,19). The van der Waals surface area contributed by atoms with Crippen molar-refractivity contribution in [3.8, 4) is 11.1 Å². The van der Waals surface area contributed by atoms with Crippen LogP contribution >= 0.6 is 15.9 Å². The number of nitrogens with two attached hydrogens (primary N) is 1. The zero-order valence-corrected chi connectivity index (χ0v) is 10.9. The molecule has 0 aliphatic carbocycles. The smallest absolute Gasteiger partial charge is 0.397 e. The molecule has 2 rings (SSSR count). The predicted octanol–water partition coefficient (Wildman–Crippen LogP) is 4.25. The molecule has 0 saturated heterocycles. The van der Waals surface area contributed by atoms with E-state index in [1.165, 1.54) is 12.4 Å². The van der Waals surface area contributed by atoms with Crippen molar-refractivity contribution in [2.24, 2.45) is 0 Å². The van der Waals surface area contributed by atoms with Gasteiger partial charge in [0.15, 0.2) is 0 Å². The van der Waals surface area contributed by atoms with Gasteiger partial charge in [-0.3, -0.25) is 4.98 Å².